The summed E-state index contributed by atoms with van der Waals surface area (Å²) in [6.07, 6.45) is -16.8. The van der Waals surface area contributed by atoms with Gasteiger partial charge in [0.25, 0.3) is 0 Å². The van der Waals surface area contributed by atoms with Crippen LogP contribution in [-0.2, 0) is 33.2 Å². The molecule has 0 bridgehead atoms. The van der Waals surface area contributed by atoms with Gasteiger partial charge in [0, 0.05) is 5.92 Å². The standard InChI is InChI=1S/C47H78O19/c1-41(2)26(63-40-35(28(53)22(52)18-60-40)65-39-34(59)32(57)30(55)24(17-49)62-39)9-11-47-19-46(47)13-12-43(5)37(21(51)15-44(43,6)25(46)14-20(50)36(41)47)45(7)10-8-27(42(3,4)66-45)64-38-33(58)31(56)29(54)23(16-48)61-38/h20-40,48-59H,8-19H2,1-7H3/t20-,21-,22+,23+,24+,25-,26-,27-,28-,29+,30+,31-,32-,33+,34+,35+,36-,37-,38-,39-,40-,43+,44-,45+,46-,47+/m0/s1. The van der Waals surface area contributed by atoms with Gasteiger partial charge in [0.2, 0.25) is 0 Å². The van der Waals surface area contributed by atoms with Crippen molar-refractivity contribution in [3.8, 4) is 0 Å². The van der Waals surface area contributed by atoms with Crippen molar-refractivity contribution >= 4 is 0 Å². The van der Waals surface area contributed by atoms with Crippen LogP contribution in [0.25, 0.3) is 0 Å². The second kappa shape index (κ2) is 16.9. The van der Waals surface area contributed by atoms with Crippen molar-refractivity contribution in [1.29, 1.82) is 0 Å². The van der Waals surface area contributed by atoms with E-state index in [0.717, 1.165) is 25.7 Å². The normalized spacial score (nSPS) is 58.7. The molecule has 19 heteroatoms. The van der Waals surface area contributed by atoms with Crippen LogP contribution in [0.4, 0.5) is 0 Å². The molecule has 4 saturated heterocycles. The van der Waals surface area contributed by atoms with Crippen molar-refractivity contribution in [2.75, 3.05) is 19.8 Å². The summed E-state index contributed by atoms with van der Waals surface area (Å²) in [7, 11) is 0. The Morgan fingerprint density at radius 1 is 0.530 bits per heavy atom. The fourth-order valence-electron chi connectivity index (χ4n) is 16.6. The topological polar surface area (TPSA) is 307 Å². The third kappa shape index (κ3) is 7.22. The number of aliphatic hydroxyl groups excluding tert-OH is 12. The molecule has 0 amide bonds. The molecular formula is C47H78O19. The molecule has 12 N–H and O–H groups in total. The van der Waals surface area contributed by atoms with Crippen molar-refractivity contribution in [2.45, 2.75) is 228 Å². The molecule has 5 saturated carbocycles. The van der Waals surface area contributed by atoms with E-state index in [9.17, 15) is 61.3 Å². The Morgan fingerprint density at radius 3 is 1.70 bits per heavy atom. The van der Waals surface area contributed by atoms with Gasteiger partial charge in [-0.2, -0.15) is 0 Å². The molecule has 0 unspecified atom stereocenters. The van der Waals surface area contributed by atoms with Gasteiger partial charge in [-0.05, 0) is 117 Å². The fraction of sp³-hybridized carbons (Fsp3) is 1.00. The van der Waals surface area contributed by atoms with E-state index in [1.165, 1.54) is 0 Å². The van der Waals surface area contributed by atoms with E-state index in [4.69, 9.17) is 33.2 Å². The molecule has 0 aromatic carbocycles. The molecule has 4 heterocycles. The largest absolute Gasteiger partial charge is 0.394 e. The molecule has 9 aliphatic rings. The summed E-state index contributed by atoms with van der Waals surface area (Å²) in [6.45, 7) is 13.2. The Balaban J connectivity index is 0.911. The predicted molar refractivity (Wildman–Crippen MR) is 226 cm³/mol. The van der Waals surface area contributed by atoms with Gasteiger partial charge >= 0.3 is 0 Å². The lowest BCUT2D eigenvalue weighted by Gasteiger charge is -2.65. The van der Waals surface area contributed by atoms with Crippen molar-refractivity contribution in [2.24, 2.45) is 44.8 Å². The van der Waals surface area contributed by atoms with Crippen LogP contribution in [0.2, 0.25) is 0 Å². The van der Waals surface area contributed by atoms with Crippen molar-refractivity contribution in [3.63, 3.8) is 0 Å². The average molecular weight is 947 g/mol. The Bertz CT molecular complexity index is 1770. The summed E-state index contributed by atoms with van der Waals surface area (Å²) in [6, 6.07) is 0. The zero-order chi connectivity index (χ0) is 48.1. The van der Waals surface area contributed by atoms with Crippen LogP contribution in [0.1, 0.15) is 106 Å². The zero-order valence-corrected chi connectivity index (χ0v) is 39.3. The summed E-state index contributed by atoms with van der Waals surface area (Å²) in [4.78, 5) is 0. The number of hydrogen-bond donors (Lipinski definition) is 12. The van der Waals surface area contributed by atoms with Gasteiger partial charge in [-0.25, -0.2) is 0 Å². The highest BCUT2D eigenvalue weighted by Gasteiger charge is 2.85. The monoisotopic (exact) mass is 947 g/mol. The SMILES string of the molecule is CC1(C)O[C@@](C)([C@H]2[C@@H](O)C[C@@]3(C)[C@@H]4C[C@H](O)[C@H]5C(C)(C)[C@@H](O[C@@H]6OC[C@@H](O)[C@H](O)[C@H]6O[C@@H]6O[C@H](CO)[C@@H](O)[C@H](O)[C@H]6O)CC[C@@]56C[C@@]46CC[C@]23C)CC[C@@H]1O[C@@H]1O[C@H](CO)[C@@H](O)[C@H](O)[C@H]1O. The second-order valence-corrected chi connectivity index (χ2v) is 23.8. The summed E-state index contributed by atoms with van der Waals surface area (Å²) in [5, 5.41) is 129. The molecule has 0 aromatic heterocycles. The van der Waals surface area contributed by atoms with E-state index in [2.05, 4.69) is 34.6 Å². The van der Waals surface area contributed by atoms with E-state index in [0.29, 0.717) is 32.1 Å². The van der Waals surface area contributed by atoms with Crippen molar-refractivity contribution < 1.29 is 94.4 Å². The Kier molecular flexibility index (Phi) is 12.9. The minimum Gasteiger partial charge on any atom is -0.394 e. The lowest BCUT2D eigenvalue weighted by Crippen LogP contribution is -2.65. The highest BCUT2D eigenvalue weighted by Crippen LogP contribution is 2.89. The molecule has 19 nitrogen and oxygen atoms in total. The fourth-order valence-corrected chi connectivity index (χ4v) is 16.6. The quantitative estimate of drug-likeness (QED) is 0.118. The molecule has 9 fully saturated rings. The van der Waals surface area contributed by atoms with Crippen molar-refractivity contribution in [3.05, 3.63) is 0 Å². The number of rotatable bonds is 9. The van der Waals surface area contributed by atoms with E-state index in [-0.39, 0.29) is 46.0 Å². The molecule has 9 rings (SSSR count). The molecule has 0 aromatic rings. The summed E-state index contributed by atoms with van der Waals surface area (Å²) in [5.74, 6) is -0.313. The highest BCUT2D eigenvalue weighted by atomic mass is 16.8. The zero-order valence-electron chi connectivity index (χ0n) is 39.3. The van der Waals surface area contributed by atoms with Gasteiger partial charge in [-0.3, -0.25) is 0 Å². The van der Waals surface area contributed by atoms with Gasteiger partial charge in [-0.1, -0.05) is 27.7 Å². The smallest absolute Gasteiger partial charge is 0.187 e. The molecule has 26 atom stereocenters. The van der Waals surface area contributed by atoms with E-state index >= 15 is 0 Å². The first-order valence-electron chi connectivity index (χ1n) is 24.4. The second-order valence-electron chi connectivity index (χ2n) is 23.8. The molecule has 66 heavy (non-hydrogen) atoms. The van der Waals surface area contributed by atoms with E-state index < -0.39 is 140 Å². The predicted octanol–water partition coefficient (Wildman–Crippen LogP) is -1.45. The van der Waals surface area contributed by atoms with Crippen LogP contribution in [0.3, 0.4) is 0 Å². The van der Waals surface area contributed by atoms with Gasteiger partial charge in [0.05, 0.1) is 55.4 Å². The molecule has 2 spiro atoms. The minimum atomic E-state index is -1.75. The highest BCUT2D eigenvalue weighted by molar-refractivity contribution is 5.33. The summed E-state index contributed by atoms with van der Waals surface area (Å²) < 4.78 is 43.3. The maximum atomic E-state index is 12.6. The molecular weight excluding hydrogens is 868 g/mol. The van der Waals surface area contributed by atoms with Gasteiger partial charge in [0.1, 0.15) is 67.1 Å². The van der Waals surface area contributed by atoms with Gasteiger partial charge in [-0.15, -0.1) is 0 Å². The number of ether oxygens (including phenoxy) is 7. The number of hydrogen-bond acceptors (Lipinski definition) is 19. The van der Waals surface area contributed by atoms with Crippen LogP contribution in [0, 0.1) is 44.8 Å². The van der Waals surface area contributed by atoms with Crippen LogP contribution in [0.5, 0.6) is 0 Å². The number of aliphatic hydroxyl groups is 12. The molecule has 4 aliphatic heterocycles. The molecule has 0 radical (unpaired) electrons. The van der Waals surface area contributed by atoms with E-state index in [1.807, 2.05) is 13.8 Å². The van der Waals surface area contributed by atoms with Crippen LogP contribution < -0.4 is 0 Å². The molecule has 5 aliphatic carbocycles. The third-order valence-corrected chi connectivity index (χ3v) is 19.8. The Hall–Kier alpha value is -0.760. The Morgan fingerprint density at radius 2 is 1.11 bits per heavy atom. The first-order valence-corrected chi connectivity index (χ1v) is 24.4. The minimum absolute atomic E-state index is 0.0731. The first-order chi connectivity index (χ1) is 30.8. The number of fused-ring (bicyclic) bond motifs is 2. The summed E-state index contributed by atoms with van der Waals surface area (Å²) >= 11 is 0. The lowest BCUT2D eigenvalue weighted by atomic mass is 9.41. The van der Waals surface area contributed by atoms with Gasteiger partial charge < -0.3 is 94.4 Å². The van der Waals surface area contributed by atoms with Crippen LogP contribution in [-0.4, -0.2) is 203 Å². The maximum Gasteiger partial charge on any atom is 0.187 e. The summed E-state index contributed by atoms with van der Waals surface area (Å²) in [5.41, 5.74) is -3.32. The van der Waals surface area contributed by atoms with E-state index in [1.54, 1.807) is 0 Å². The maximum absolute atomic E-state index is 12.6. The third-order valence-electron chi connectivity index (χ3n) is 19.8. The van der Waals surface area contributed by atoms with Crippen molar-refractivity contribution in [1.82, 2.24) is 0 Å². The Labute approximate surface area is 386 Å². The van der Waals surface area contributed by atoms with Gasteiger partial charge in [0.15, 0.2) is 18.9 Å². The average Bonchev–Trinajstić information content (AvgIpc) is 3.84. The first kappa shape index (κ1) is 50.2. The molecule has 380 valence electrons. The lowest BCUT2D eigenvalue weighted by molar-refractivity contribution is -0.366. The van der Waals surface area contributed by atoms with Crippen LogP contribution >= 0.6 is 0 Å². The van der Waals surface area contributed by atoms with Crippen LogP contribution in [0.15, 0.2) is 0 Å².